The molecule has 0 aliphatic rings. The second-order valence-electron chi connectivity index (χ2n) is 3.45. The minimum absolute atomic E-state index is 0.210. The molecule has 0 unspecified atom stereocenters. The smallest absolute Gasteiger partial charge is 0.281 e. The quantitative estimate of drug-likeness (QED) is 0.750. The minimum Gasteiger partial charge on any atom is -0.281 e. The van der Waals surface area contributed by atoms with Gasteiger partial charge >= 0.3 is 10.2 Å². The van der Waals surface area contributed by atoms with Crippen LogP contribution in [0.5, 0.6) is 0 Å². The normalized spacial score (nSPS) is 11.9. The van der Waals surface area contributed by atoms with Gasteiger partial charge in [-0.1, -0.05) is 49.1 Å². The second-order valence-corrected chi connectivity index (χ2v) is 5.08. The molecule has 17 heavy (non-hydrogen) atoms. The largest absolute Gasteiger partial charge is 0.301 e. The third-order valence-corrected chi connectivity index (χ3v) is 3.82. The van der Waals surface area contributed by atoms with E-state index in [0.29, 0.717) is 13.1 Å². The zero-order chi connectivity index (χ0) is 12.7. The molecular formula is C11H18N2O3S. The molecule has 0 fully saturated rings. The lowest BCUT2D eigenvalue weighted by Crippen LogP contribution is -2.40. The van der Waals surface area contributed by atoms with Crippen molar-refractivity contribution in [2.75, 3.05) is 13.1 Å². The summed E-state index contributed by atoms with van der Waals surface area (Å²) in [5.74, 6) is 0. The Kier molecular flexibility index (Phi) is 5.57. The Hall–Kier alpha value is -0.950. The van der Waals surface area contributed by atoms with Gasteiger partial charge in [0.15, 0.2) is 0 Å². The molecule has 6 heteroatoms. The molecule has 0 amide bonds. The third kappa shape index (κ3) is 4.43. The molecule has 0 aromatic heterocycles. The van der Waals surface area contributed by atoms with E-state index >= 15 is 0 Å². The first-order chi connectivity index (χ1) is 8.10. The Morgan fingerprint density at radius 2 is 1.76 bits per heavy atom. The maximum Gasteiger partial charge on any atom is 0.301 e. The zero-order valence-corrected chi connectivity index (χ0v) is 10.9. The van der Waals surface area contributed by atoms with Crippen molar-refractivity contribution in [1.82, 2.24) is 9.19 Å². The molecule has 0 spiro atoms. The van der Waals surface area contributed by atoms with Gasteiger partial charge in [-0.25, -0.2) is 0 Å². The first kappa shape index (κ1) is 14.1. The van der Waals surface area contributed by atoms with Crippen molar-refractivity contribution in [2.24, 2.45) is 0 Å². The molecule has 0 aliphatic carbocycles. The summed E-state index contributed by atoms with van der Waals surface area (Å²) in [6.45, 7) is 4.60. The fraction of sp³-hybridized carbons (Fsp3) is 0.455. The Labute approximate surface area is 103 Å². The average Bonchev–Trinajstić information content (AvgIpc) is 2.31. The number of hydrogen-bond acceptors (Lipinski definition) is 3. The van der Waals surface area contributed by atoms with Crippen LogP contribution < -0.4 is 4.89 Å². The number of nitrogens with zero attached hydrogens (tertiary/aromatic N) is 1. The van der Waals surface area contributed by atoms with Crippen LogP contribution in [0.1, 0.15) is 19.4 Å². The molecular weight excluding hydrogens is 240 g/mol. The lowest BCUT2D eigenvalue weighted by molar-refractivity contribution is 0.0749. The summed E-state index contributed by atoms with van der Waals surface area (Å²) < 4.78 is 24.6. The molecule has 96 valence electrons. The lowest BCUT2D eigenvalue weighted by Gasteiger charge is -2.18. The van der Waals surface area contributed by atoms with E-state index in [-0.39, 0.29) is 6.61 Å². The SMILES string of the molecule is CCN(CC)S(=O)(=O)NOCc1ccccc1. The third-order valence-electron chi connectivity index (χ3n) is 2.29. The summed E-state index contributed by atoms with van der Waals surface area (Å²) in [5, 5.41) is 0. The maximum atomic E-state index is 11.7. The van der Waals surface area contributed by atoms with E-state index in [4.69, 9.17) is 4.84 Å². The van der Waals surface area contributed by atoms with Crippen LogP contribution in [0.15, 0.2) is 30.3 Å². The Balaban J connectivity index is 2.46. The van der Waals surface area contributed by atoms with Crippen molar-refractivity contribution >= 4 is 10.2 Å². The molecule has 1 aromatic rings. The Morgan fingerprint density at radius 1 is 1.18 bits per heavy atom. The van der Waals surface area contributed by atoms with Crippen LogP contribution in [0.25, 0.3) is 0 Å². The highest BCUT2D eigenvalue weighted by molar-refractivity contribution is 7.87. The van der Waals surface area contributed by atoms with Crippen LogP contribution in [0, 0.1) is 0 Å². The molecule has 1 N–H and O–H groups in total. The lowest BCUT2D eigenvalue weighted by atomic mass is 10.2. The van der Waals surface area contributed by atoms with Crippen molar-refractivity contribution in [1.29, 1.82) is 0 Å². The summed E-state index contributed by atoms with van der Waals surface area (Å²) in [6, 6.07) is 9.37. The number of rotatable bonds is 7. The Bertz CT molecular complexity index is 416. The van der Waals surface area contributed by atoms with Gasteiger partial charge in [0.2, 0.25) is 0 Å². The van der Waals surface area contributed by atoms with Crippen LogP contribution in [-0.2, 0) is 21.7 Å². The van der Waals surface area contributed by atoms with E-state index in [1.54, 1.807) is 13.8 Å². The van der Waals surface area contributed by atoms with Crippen LogP contribution in [0.2, 0.25) is 0 Å². The topological polar surface area (TPSA) is 58.6 Å². The monoisotopic (exact) mass is 258 g/mol. The van der Waals surface area contributed by atoms with E-state index in [9.17, 15) is 8.42 Å². The van der Waals surface area contributed by atoms with Gasteiger partial charge < -0.3 is 0 Å². The van der Waals surface area contributed by atoms with Crippen molar-refractivity contribution in [3.8, 4) is 0 Å². The molecule has 0 radical (unpaired) electrons. The van der Waals surface area contributed by atoms with Gasteiger partial charge in [-0.05, 0) is 5.56 Å². The predicted octanol–water partition coefficient (Wildman–Crippen LogP) is 1.29. The fourth-order valence-corrected chi connectivity index (χ4v) is 2.37. The number of hydrogen-bond donors (Lipinski definition) is 1. The fourth-order valence-electron chi connectivity index (χ4n) is 1.38. The molecule has 0 bridgehead atoms. The van der Waals surface area contributed by atoms with Gasteiger partial charge in [0.1, 0.15) is 0 Å². The van der Waals surface area contributed by atoms with Gasteiger partial charge in [-0.2, -0.15) is 12.7 Å². The zero-order valence-electron chi connectivity index (χ0n) is 10.1. The van der Waals surface area contributed by atoms with Gasteiger partial charge in [-0.3, -0.25) is 4.84 Å². The first-order valence-corrected chi connectivity index (χ1v) is 6.96. The van der Waals surface area contributed by atoms with Crippen molar-refractivity contribution in [3.05, 3.63) is 35.9 Å². The van der Waals surface area contributed by atoms with E-state index in [2.05, 4.69) is 4.89 Å². The van der Waals surface area contributed by atoms with Crippen LogP contribution in [0.4, 0.5) is 0 Å². The molecule has 0 aliphatic heterocycles. The number of nitrogens with one attached hydrogen (secondary N) is 1. The van der Waals surface area contributed by atoms with E-state index in [0.717, 1.165) is 5.56 Å². The highest BCUT2D eigenvalue weighted by atomic mass is 32.2. The number of benzene rings is 1. The Morgan fingerprint density at radius 3 is 2.29 bits per heavy atom. The van der Waals surface area contributed by atoms with E-state index < -0.39 is 10.2 Å². The molecule has 0 saturated carbocycles. The molecule has 5 nitrogen and oxygen atoms in total. The summed E-state index contributed by atoms with van der Waals surface area (Å²) in [7, 11) is -3.53. The maximum absolute atomic E-state index is 11.7. The average molecular weight is 258 g/mol. The summed E-state index contributed by atoms with van der Waals surface area (Å²) in [6.07, 6.45) is 0. The van der Waals surface area contributed by atoms with Crippen LogP contribution in [-0.4, -0.2) is 25.8 Å². The predicted molar refractivity (Wildman–Crippen MR) is 66.2 cm³/mol. The molecule has 0 atom stereocenters. The van der Waals surface area contributed by atoms with Crippen molar-refractivity contribution in [3.63, 3.8) is 0 Å². The van der Waals surface area contributed by atoms with Crippen molar-refractivity contribution in [2.45, 2.75) is 20.5 Å². The standard InChI is InChI=1S/C11H18N2O3S/c1-3-13(4-2)17(14,15)12-16-10-11-8-6-5-7-9-11/h5-9,12H,3-4,10H2,1-2H3. The highest BCUT2D eigenvalue weighted by Crippen LogP contribution is 2.01. The molecule has 0 heterocycles. The van der Waals surface area contributed by atoms with Crippen LogP contribution >= 0.6 is 0 Å². The second kappa shape index (κ2) is 6.70. The van der Waals surface area contributed by atoms with E-state index in [1.165, 1.54) is 4.31 Å². The summed E-state index contributed by atoms with van der Waals surface area (Å²) in [5.41, 5.74) is 0.912. The highest BCUT2D eigenvalue weighted by Gasteiger charge is 2.17. The molecule has 1 rings (SSSR count). The minimum atomic E-state index is -3.53. The summed E-state index contributed by atoms with van der Waals surface area (Å²) in [4.78, 5) is 7.10. The van der Waals surface area contributed by atoms with Crippen LogP contribution in [0.3, 0.4) is 0 Å². The van der Waals surface area contributed by atoms with E-state index in [1.807, 2.05) is 30.3 Å². The molecule has 0 saturated heterocycles. The summed E-state index contributed by atoms with van der Waals surface area (Å²) >= 11 is 0. The van der Waals surface area contributed by atoms with Gasteiger partial charge in [0.25, 0.3) is 0 Å². The molecule has 1 aromatic carbocycles. The van der Waals surface area contributed by atoms with Gasteiger partial charge in [0.05, 0.1) is 6.61 Å². The van der Waals surface area contributed by atoms with Crippen molar-refractivity contribution < 1.29 is 13.3 Å². The first-order valence-electron chi connectivity index (χ1n) is 5.52. The van der Waals surface area contributed by atoms with Gasteiger partial charge in [0, 0.05) is 13.1 Å². The van der Waals surface area contributed by atoms with Gasteiger partial charge in [-0.15, -0.1) is 0 Å².